The van der Waals surface area contributed by atoms with Crippen LogP contribution < -0.4 is 10.3 Å². The molecule has 0 aliphatic heterocycles. The Morgan fingerprint density at radius 1 is 1.14 bits per heavy atom. The molecule has 0 spiro atoms. The van der Waals surface area contributed by atoms with Gasteiger partial charge in [0.1, 0.15) is 12.1 Å². The van der Waals surface area contributed by atoms with E-state index in [0.29, 0.717) is 39.2 Å². The topological polar surface area (TPSA) is 116 Å². The molecule has 1 aromatic carbocycles. The van der Waals surface area contributed by atoms with Crippen LogP contribution in [0.4, 0.5) is 0 Å². The van der Waals surface area contributed by atoms with E-state index in [1.54, 1.807) is 23.9 Å². The molecule has 0 unspecified atom stereocenters. The summed E-state index contributed by atoms with van der Waals surface area (Å²) in [5, 5.41) is 12.1. The number of H-pyrrole nitrogens is 1. The van der Waals surface area contributed by atoms with E-state index in [9.17, 15) is 4.79 Å². The molecular weight excluding hydrogens is 392 g/mol. The molecule has 4 heterocycles. The lowest BCUT2D eigenvalue weighted by atomic mass is 10.1. The van der Waals surface area contributed by atoms with Crippen molar-refractivity contribution >= 4 is 28.4 Å². The Morgan fingerprint density at radius 2 is 1.97 bits per heavy atom. The van der Waals surface area contributed by atoms with Crippen molar-refractivity contribution in [2.45, 2.75) is 5.16 Å². The Balaban J connectivity index is 1.85. The first-order valence-corrected chi connectivity index (χ1v) is 9.78. The molecule has 4 aromatic heterocycles. The number of nitrogens with one attached hydrogen (secondary N) is 1. The van der Waals surface area contributed by atoms with Crippen LogP contribution in [0.5, 0.6) is 5.75 Å². The van der Waals surface area contributed by atoms with E-state index in [0.717, 1.165) is 5.56 Å². The van der Waals surface area contributed by atoms with Gasteiger partial charge in [0.25, 0.3) is 11.3 Å². The fourth-order valence-electron chi connectivity index (χ4n) is 3.14. The van der Waals surface area contributed by atoms with E-state index in [2.05, 4.69) is 30.2 Å². The predicted octanol–water partition coefficient (Wildman–Crippen LogP) is 1.94. The van der Waals surface area contributed by atoms with Gasteiger partial charge >= 0.3 is 0 Å². The maximum Gasteiger partial charge on any atom is 0.269 e. The predicted molar refractivity (Wildman–Crippen MR) is 108 cm³/mol. The zero-order chi connectivity index (χ0) is 20.0. The lowest BCUT2D eigenvalue weighted by molar-refractivity contribution is 0.415. The Kier molecular flexibility index (Phi) is 4.02. The monoisotopic (exact) mass is 406 g/mol. The summed E-state index contributed by atoms with van der Waals surface area (Å²) in [4.78, 5) is 26.4. The SMILES string of the molecule is COc1ccc(-c2c3c(=O)n(-c4nc(SC)n[nH]4)ccc3nc3ncnn23)cc1. The summed E-state index contributed by atoms with van der Waals surface area (Å²) in [6.07, 6.45) is 4.89. The van der Waals surface area contributed by atoms with Crippen LogP contribution >= 0.6 is 11.8 Å². The lowest BCUT2D eigenvalue weighted by Crippen LogP contribution is -2.21. The highest BCUT2D eigenvalue weighted by Crippen LogP contribution is 2.27. The molecule has 11 heteroatoms. The second-order valence-electron chi connectivity index (χ2n) is 6.06. The molecule has 0 aliphatic carbocycles. The summed E-state index contributed by atoms with van der Waals surface area (Å²) in [6.45, 7) is 0. The molecule has 1 N–H and O–H groups in total. The van der Waals surface area contributed by atoms with Gasteiger partial charge in [-0.1, -0.05) is 11.8 Å². The van der Waals surface area contributed by atoms with Crippen LogP contribution in [0.2, 0.25) is 0 Å². The third-order valence-corrected chi connectivity index (χ3v) is 5.04. The van der Waals surface area contributed by atoms with Gasteiger partial charge in [0.15, 0.2) is 0 Å². The van der Waals surface area contributed by atoms with Crippen molar-refractivity contribution in [2.75, 3.05) is 13.4 Å². The van der Waals surface area contributed by atoms with Crippen molar-refractivity contribution in [3.63, 3.8) is 0 Å². The zero-order valence-corrected chi connectivity index (χ0v) is 16.2. The highest BCUT2D eigenvalue weighted by molar-refractivity contribution is 7.98. The van der Waals surface area contributed by atoms with E-state index < -0.39 is 0 Å². The Bertz CT molecular complexity index is 1400. The molecule has 0 bridgehead atoms. The van der Waals surface area contributed by atoms with Gasteiger partial charge in [-0.2, -0.15) is 19.6 Å². The second-order valence-corrected chi connectivity index (χ2v) is 6.83. The average Bonchev–Trinajstić information content (AvgIpc) is 3.42. The molecular formula is C18H14N8O2S. The Labute approximate surface area is 167 Å². The minimum absolute atomic E-state index is 0.290. The first-order chi connectivity index (χ1) is 14.2. The Hall–Kier alpha value is -3.73. The van der Waals surface area contributed by atoms with Gasteiger partial charge in [-0.15, -0.1) is 5.10 Å². The molecule has 0 aliphatic rings. The number of aromatic amines is 1. The van der Waals surface area contributed by atoms with Crippen LogP contribution in [0.15, 0.2) is 52.8 Å². The number of nitrogens with zero attached hydrogens (tertiary/aromatic N) is 7. The zero-order valence-electron chi connectivity index (χ0n) is 15.4. The second kappa shape index (κ2) is 6.71. The van der Waals surface area contributed by atoms with E-state index in [1.807, 2.05) is 30.5 Å². The lowest BCUT2D eigenvalue weighted by Gasteiger charge is -2.10. The van der Waals surface area contributed by atoms with Gasteiger partial charge in [0.2, 0.25) is 11.1 Å². The molecule has 5 rings (SSSR count). The van der Waals surface area contributed by atoms with Crippen molar-refractivity contribution in [3.05, 3.63) is 53.2 Å². The van der Waals surface area contributed by atoms with Crippen molar-refractivity contribution < 1.29 is 4.74 Å². The third-order valence-electron chi connectivity index (χ3n) is 4.50. The summed E-state index contributed by atoms with van der Waals surface area (Å²) >= 11 is 1.38. The molecule has 0 atom stereocenters. The number of methoxy groups -OCH3 is 1. The van der Waals surface area contributed by atoms with Gasteiger partial charge in [0, 0.05) is 11.8 Å². The van der Waals surface area contributed by atoms with Crippen LogP contribution in [0.3, 0.4) is 0 Å². The van der Waals surface area contributed by atoms with Crippen LogP contribution in [0, 0.1) is 0 Å². The number of hydrogen-bond acceptors (Lipinski definition) is 8. The fraction of sp³-hybridized carbons (Fsp3) is 0.111. The molecule has 0 saturated heterocycles. The quantitative estimate of drug-likeness (QED) is 0.450. The normalized spacial score (nSPS) is 11.4. The van der Waals surface area contributed by atoms with Crippen molar-refractivity contribution in [2.24, 2.45) is 0 Å². The minimum atomic E-state index is -0.290. The Morgan fingerprint density at radius 3 is 2.69 bits per heavy atom. The maximum absolute atomic E-state index is 13.5. The standard InChI is InChI=1S/C18H14N8O2S/c1-28-11-5-3-10(4-6-11)14-13-12(21-16-19-9-20-26(14)16)7-8-25(15(13)27)17-22-18(29-2)24-23-17/h3-9H,1-2H3,(H,22,23,24). The molecule has 144 valence electrons. The number of ether oxygens (including phenoxy) is 1. The molecule has 0 radical (unpaired) electrons. The van der Waals surface area contributed by atoms with Gasteiger partial charge in [-0.3, -0.25) is 9.36 Å². The highest BCUT2D eigenvalue weighted by Gasteiger charge is 2.18. The first-order valence-electron chi connectivity index (χ1n) is 8.56. The van der Waals surface area contributed by atoms with Gasteiger partial charge in [-0.05, 0) is 36.6 Å². The van der Waals surface area contributed by atoms with Crippen molar-refractivity contribution in [3.8, 4) is 23.0 Å². The molecule has 10 nitrogen and oxygen atoms in total. The average molecular weight is 406 g/mol. The number of benzene rings is 1. The van der Waals surface area contributed by atoms with E-state index in [4.69, 9.17) is 4.74 Å². The summed E-state index contributed by atoms with van der Waals surface area (Å²) in [5.74, 6) is 1.45. The summed E-state index contributed by atoms with van der Waals surface area (Å²) in [7, 11) is 1.60. The van der Waals surface area contributed by atoms with Crippen LogP contribution in [0.1, 0.15) is 0 Å². The fourth-order valence-corrected chi connectivity index (χ4v) is 3.46. The number of hydrogen-bond donors (Lipinski definition) is 1. The molecule has 29 heavy (non-hydrogen) atoms. The molecule has 5 aromatic rings. The minimum Gasteiger partial charge on any atom is -0.497 e. The van der Waals surface area contributed by atoms with E-state index >= 15 is 0 Å². The maximum atomic E-state index is 13.5. The summed E-state index contributed by atoms with van der Waals surface area (Å²) < 4.78 is 8.21. The first kappa shape index (κ1) is 17.4. The number of pyridine rings is 1. The van der Waals surface area contributed by atoms with Gasteiger partial charge in [0.05, 0.1) is 23.7 Å². The largest absolute Gasteiger partial charge is 0.497 e. The van der Waals surface area contributed by atoms with Gasteiger partial charge in [-0.25, -0.2) is 10.1 Å². The molecule has 0 amide bonds. The van der Waals surface area contributed by atoms with Crippen LogP contribution in [-0.2, 0) is 0 Å². The van der Waals surface area contributed by atoms with Crippen LogP contribution in [0.25, 0.3) is 33.9 Å². The van der Waals surface area contributed by atoms with Crippen molar-refractivity contribution in [1.29, 1.82) is 0 Å². The van der Waals surface area contributed by atoms with Gasteiger partial charge < -0.3 is 4.74 Å². The van der Waals surface area contributed by atoms with E-state index in [-0.39, 0.29) is 5.56 Å². The highest BCUT2D eigenvalue weighted by atomic mass is 32.2. The van der Waals surface area contributed by atoms with E-state index in [1.165, 1.54) is 22.7 Å². The third kappa shape index (κ3) is 2.74. The summed E-state index contributed by atoms with van der Waals surface area (Å²) in [5.41, 5.74) is 1.60. The van der Waals surface area contributed by atoms with Crippen LogP contribution in [-0.4, -0.2) is 52.7 Å². The summed E-state index contributed by atoms with van der Waals surface area (Å²) in [6, 6.07) is 9.14. The number of fused-ring (bicyclic) bond motifs is 2. The number of aromatic nitrogens is 8. The number of thioether (sulfide) groups is 1. The van der Waals surface area contributed by atoms with Crippen molar-refractivity contribution in [1.82, 2.24) is 39.3 Å². The molecule has 0 fully saturated rings. The smallest absolute Gasteiger partial charge is 0.269 e. The number of rotatable bonds is 4. The molecule has 0 saturated carbocycles.